The lowest BCUT2D eigenvalue weighted by Crippen LogP contribution is -2.59. The van der Waals surface area contributed by atoms with Crippen molar-refractivity contribution in [2.24, 2.45) is 0 Å². The van der Waals surface area contributed by atoms with Gasteiger partial charge in [0.15, 0.2) is 0 Å². The molecule has 3 fully saturated rings. The third-order valence-corrected chi connectivity index (χ3v) is 6.68. The van der Waals surface area contributed by atoms with Crippen molar-refractivity contribution in [3.05, 3.63) is 34.9 Å². The Morgan fingerprint density at radius 1 is 1.19 bits per heavy atom. The fraction of sp³-hybridized carbons (Fsp3) is 0.619. The highest BCUT2D eigenvalue weighted by molar-refractivity contribution is 6.30. The topological polar surface area (TPSA) is 52.7 Å². The summed E-state index contributed by atoms with van der Waals surface area (Å²) in [6.07, 6.45) is 5.08. The van der Waals surface area contributed by atoms with Crippen LogP contribution in [0.3, 0.4) is 0 Å². The molecule has 146 valence electrons. The van der Waals surface area contributed by atoms with Crippen LogP contribution in [0.4, 0.5) is 0 Å². The predicted molar refractivity (Wildman–Crippen MR) is 106 cm³/mol. The maximum Gasteiger partial charge on any atom is 0.237 e. The second kappa shape index (κ2) is 7.44. The van der Waals surface area contributed by atoms with Crippen molar-refractivity contribution in [1.82, 2.24) is 15.1 Å². The molecule has 3 aliphatic rings. The highest BCUT2D eigenvalue weighted by Crippen LogP contribution is 2.45. The van der Waals surface area contributed by atoms with Crippen LogP contribution in [-0.4, -0.2) is 59.9 Å². The molecule has 1 aliphatic heterocycles. The lowest BCUT2D eigenvalue weighted by Gasteiger charge is -2.46. The lowest BCUT2D eigenvalue weighted by molar-refractivity contribution is -0.143. The largest absolute Gasteiger partial charge is 0.352 e. The molecular weight excluding hydrogens is 362 g/mol. The number of carbonyl (C=O) groups is 2. The number of hydrogen-bond acceptors (Lipinski definition) is 3. The summed E-state index contributed by atoms with van der Waals surface area (Å²) in [5.41, 5.74) is 0.646. The number of hydrogen-bond donors (Lipinski definition) is 1. The molecule has 0 radical (unpaired) electrons. The van der Waals surface area contributed by atoms with Crippen molar-refractivity contribution in [2.45, 2.75) is 56.5 Å². The van der Waals surface area contributed by atoms with Gasteiger partial charge in [-0.25, -0.2) is 0 Å². The Morgan fingerprint density at radius 3 is 2.44 bits per heavy atom. The fourth-order valence-corrected chi connectivity index (χ4v) is 4.46. The SMILES string of the molecule is CC(C(=O)NC1CC1)N1CCN(C(=O)C2(c3cccc(Cl)c3)CCC2)CC1. The zero-order valence-electron chi connectivity index (χ0n) is 15.9. The van der Waals surface area contributed by atoms with Crippen LogP contribution in [0.2, 0.25) is 5.02 Å². The van der Waals surface area contributed by atoms with Crippen LogP contribution in [0.25, 0.3) is 0 Å². The van der Waals surface area contributed by atoms with Crippen LogP contribution in [0, 0.1) is 0 Å². The van der Waals surface area contributed by atoms with E-state index in [9.17, 15) is 9.59 Å². The molecule has 1 unspecified atom stereocenters. The maximum absolute atomic E-state index is 13.4. The summed E-state index contributed by atoms with van der Waals surface area (Å²) in [6.45, 7) is 4.83. The van der Waals surface area contributed by atoms with Gasteiger partial charge in [0.25, 0.3) is 0 Å². The third kappa shape index (κ3) is 3.72. The molecule has 0 spiro atoms. The lowest BCUT2D eigenvalue weighted by atomic mass is 9.63. The summed E-state index contributed by atoms with van der Waals surface area (Å²) in [7, 11) is 0. The molecule has 0 bridgehead atoms. The van der Waals surface area contributed by atoms with E-state index in [0.717, 1.165) is 50.8 Å². The van der Waals surface area contributed by atoms with Crippen molar-refractivity contribution in [2.75, 3.05) is 26.2 Å². The summed E-state index contributed by atoms with van der Waals surface area (Å²) in [5, 5.41) is 3.77. The van der Waals surface area contributed by atoms with Gasteiger partial charge in [0.1, 0.15) is 0 Å². The zero-order chi connectivity index (χ0) is 19.0. The Balaban J connectivity index is 1.38. The van der Waals surface area contributed by atoms with Gasteiger partial charge >= 0.3 is 0 Å². The van der Waals surface area contributed by atoms with Gasteiger partial charge in [-0.15, -0.1) is 0 Å². The van der Waals surface area contributed by atoms with Gasteiger partial charge in [-0.2, -0.15) is 0 Å². The fourth-order valence-electron chi connectivity index (χ4n) is 4.27. The molecule has 1 aromatic rings. The van der Waals surface area contributed by atoms with Gasteiger partial charge in [0.2, 0.25) is 11.8 Å². The van der Waals surface area contributed by atoms with Gasteiger partial charge < -0.3 is 10.2 Å². The molecule has 1 aromatic carbocycles. The first kappa shape index (κ1) is 18.8. The van der Waals surface area contributed by atoms with Gasteiger partial charge in [0.05, 0.1) is 11.5 Å². The van der Waals surface area contributed by atoms with E-state index in [4.69, 9.17) is 11.6 Å². The Hall–Kier alpha value is -1.59. The van der Waals surface area contributed by atoms with E-state index in [1.807, 2.05) is 36.1 Å². The minimum Gasteiger partial charge on any atom is -0.352 e. The van der Waals surface area contributed by atoms with Crippen LogP contribution in [0.15, 0.2) is 24.3 Å². The van der Waals surface area contributed by atoms with Crippen molar-refractivity contribution in [3.8, 4) is 0 Å². The molecule has 0 aromatic heterocycles. The molecule has 1 N–H and O–H groups in total. The standard InChI is InChI=1S/C21H28ClN3O2/c1-15(19(26)23-18-6-7-18)24-10-12-25(13-11-24)20(27)21(8-3-9-21)16-4-2-5-17(22)14-16/h2,4-5,14-15,18H,3,6-13H2,1H3,(H,23,26). The van der Waals surface area contributed by atoms with Crippen LogP contribution >= 0.6 is 11.6 Å². The first-order valence-corrected chi connectivity index (χ1v) is 10.5. The Bertz CT molecular complexity index is 722. The van der Waals surface area contributed by atoms with Crippen LogP contribution < -0.4 is 5.32 Å². The van der Waals surface area contributed by atoms with Crippen molar-refractivity contribution in [1.29, 1.82) is 0 Å². The molecule has 1 saturated heterocycles. The zero-order valence-corrected chi connectivity index (χ0v) is 16.7. The summed E-state index contributed by atoms with van der Waals surface area (Å²) in [6, 6.07) is 8.02. The Morgan fingerprint density at radius 2 is 1.89 bits per heavy atom. The summed E-state index contributed by atoms with van der Waals surface area (Å²) in [4.78, 5) is 29.8. The normalized spacial score (nSPS) is 23.4. The minimum absolute atomic E-state index is 0.117. The molecular formula is C21H28ClN3O2. The Labute approximate surface area is 166 Å². The average Bonchev–Trinajstić information content (AvgIpc) is 3.44. The van der Waals surface area contributed by atoms with Gasteiger partial charge in [-0.3, -0.25) is 14.5 Å². The number of benzene rings is 1. The van der Waals surface area contributed by atoms with Crippen LogP contribution in [-0.2, 0) is 15.0 Å². The van der Waals surface area contributed by atoms with Gasteiger partial charge in [-0.05, 0) is 50.3 Å². The van der Waals surface area contributed by atoms with E-state index in [-0.39, 0.29) is 17.9 Å². The second-order valence-corrected chi connectivity index (χ2v) is 8.67. The van der Waals surface area contributed by atoms with E-state index < -0.39 is 5.41 Å². The van der Waals surface area contributed by atoms with E-state index in [2.05, 4.69) is 10.2 Å². The van der Waals surface area contributed by atoms with Gasteiger partial charge in [0, 0.05) is 37.2 Å². The summed E-state index contributed by atoms with van der Waals surface area (Å²) < 4.78 is 0. The van der Waals surface area contributed by atoms with Gasteiger partial charge in [-0.1, -0.05) is 30.2 Å². The number of amides is 2. The number of piperazine rings is 1. The first-order chi connectivity index (χ1) is 13.0. The quantitative estimate of drug-likeness (QED) is 0.842. The first-order valence-electron chi connectivity index (χ1n) is 10.1. The number of nitrogens with one attached hydrogen (secondary N) is 1. The molecule has 6 heteroatoms. The molecule has 1 heterocycles. The summed E-state index contributed by atoms with van der Waals surface area (Å²) >= 11 is 6.18. The second-order valence-electron chi connectivity index (χ2n) is 8.23. The number of carbonyl (C=O) groups excluding carboxylic acids is 2. The van der Waals surface area contributed by atoms with E-state index in [1.165, 1.54) is 0 Å². The van der Waals surface area contributed by atoms with Crippen molar-refractivity contribution >= 4 is 23.4 Å². The van der Waals surface area contributed by atoms with Crippen LogP contribution in [0.1, 0.15) is 44.6 Å². The summed E-state index contributed by atoms with van der Waals surface area (Å²) in [5.74, 6) is 0.345. The highest BCUT2D eigenvalue weighted by Gasteiger charge is 2.48. The van der Waals surface area contributed by atoms with E-state index in [0.29, 0.717) is 24.2 Å². The van der Waals surface area contributed by atoms with E-state index in [1.54, 1.807) is 0 Å². The number of halogens is 1. The molecule has 2 amide bonds. The molecule has 27 heavy (non-hydrogen) atoms. The van der Waals surface area contributed by atoms with Crippen LogP contribution in [0.5, 0.6) is 0 Å². The number of rotatable bonds is 5. The van der Waals surface area contributed by atoms with Crippen molar-refractivity contribution < 1.29 is 9.59 Å². The molecule has 4 rings (SSSR count). The maximum atomic E-state index is 13.4. The number of nitrogens with zero attached hydrogens (tertiary/aromatic N) is 2. The van der Waals surface area contributed by atoms with Crippen molar-refractivity contribution in [3.63, 3.8) is 0 Å². The monoisotopic (exact) mass is 389 g/mol. The molecule has 5 nitrogen and oxygen atoms in total. The predicted octanol–water partition coefficient (Wildman–Crippen LogP) is 2.57. The highest BCUT2D eigenvalue weighted by atomic mass is 35.5. The minimum atomic E-state index is -0.401. The molecule has 2 aliphatic carbocycles. The molecule has 2 saturated carbocycles. The third-order valence-electron chi connectivity index (χ3n) is 6.45. The smallest absolute Gasteiger partial charge is 0.237 e. The van der Waals surface area contributed by atoms with E-state index >= 15 is 0 Å². The Kier molecular flexibility index (Phi) is 5.17. The molecule has 1 atom stereocenters. The average molecular weight is 390 g/mol.